The van der Waals surface area contributed by atoms with E-state index in [1.165, 1.54) is 0 Å². The Morgan fingerprint density at radius 1 is 1.15 bits per heavy atom. The Kier molecular flexibility index (Phi) is 4.84. The van der Waals surface area contributed by atoms with Gasteiger partial charge in [-0.25, -0.2) is 0 Å². The second-order valence-corrected chi connectivity index (χ2v) is 6.05. The number of nitrogens with one attached hydrogen (secondary N) is 1. The normalized spacial score (nSPS) is 10.7. The maximum absolute atomic E-state index is 12.4. The Bertz CT molecular complexity index is 620. The summed E-state index contributed by atoms with van der Waals surface area (Å²) in [6.07, 6.45) is 0. The maximum Gasteiger partial charge on any atom is 0.258 e. The first-order valence-corrected chi connectivity index (χ1v) is 7.52. The van der Waals surface area contributed by atoms with Crippen molar-refractivity contribution in [3.8, 4) is 0 Å². The molecule has 4 heteroatoms. The van der Waals surface area contributed by atoms with Crippen LogP contribution in [0.3, 0.4) is 0 Å². The van der Waals surface area contributed by atoms with E-state index in [-0.39, 0.29) is 5.91 Å². The van der Waals surface area contributed by atoms with Crippen molar-refractivity contribution >= 4 is 39.1 Å². The number of para-hydroxylation sites is 1. The molecule has 0 spiro atoms. The lowest BCUT2D eigenvalue weighted by Gasteiger charge is -2.14. The van der Waals surface area contributed by atoms with Gasteiger partial charge in [0.25, 0.3) is 5.91 Å². The van der Waals surface area contributed by atoms with Gasteiger partial charge in [-0.05, 0) is 45.6 Å². The van der Waals surface area contributed by atoms with E-state index in [0.29, 0.717) is 21.0 Å². The summed E-state index contributed by atoms with van der Waals surface area (Å²) in [6, 6.07) is 13.1. The molecule has 2 rings (SSSR count). The highest BCUT2D eigenvalue weighted by atomic mass is 79.9. The lowest BCUT2D eigenvalue weighted by Crippen LogP contribution is -2.14. The van der Waals surface area contributed by atoms with E-state index in [1.807, 2.05) is 24.3 Å². The first-order chi connectivity index (χ1) is 9.50. The van der Waals surface area contributed by atoms with Gasteiger partial charge in [0.05, 0.1) is 10.6 Å². The van der Waals surface area contributed by atoms with Gasteiger partial charge in [0.2, 0.25) is 0 Å². The number of rotatable bonds is 3. The van der Waals surface area contributed by atoms with Gasteiger partial charge in [0.1, 0.15) is 0 Å². The third-order valence-corrected chi connectivity index (χ3v) is 4.00. The molecule has 0 atom stereocenters. The van der Waals surface area contributed by atoms with Gasteiger partial charge in [-0.15, -0.1) is 0 Å². The van der Waals surface area contributed by atoms with Crippen LogP contribution >= 0.6 is 27.5 Å². The monoisotopic (exact) mass is 351 g/mol. The van der Waals surface area contributed by atoms with Crippen molar-refractivity contribution in [1.82, 2.24) is 0 Å². The lowest BCUT2D eigenvalue weighted by molar-refractivity contribution is 0.102. The van der Waals surface area contributed by atoms with Crippen molar-refractivity contribution in [2.75, 3.05) is 5.32 Å². The Labute approximate surface area is 132 Å². The van der Waals surface area contributed by atoms with Crippen molar-refractivity contribution in [3.63, 3.8) is 0 Å². The number of carbonyl (C=O) groups is 1. The van der Waals surface area contributed by atoms with Gasteiger partial charge in [-0.3, -0.25) is 4.79 Å². The standard InChI is InChI=1S/C16H15BrClNO/c1-10(2)11-6-3-4-9-14(11)19-16(20)15-12(17)7-5-8-13(15)18/h3-10H,1-2H3,(H,19,20). The number of hydrogen-bond donors (Lipinski definition) is 1. The summed E-state index contributed by atoms with van der Waals surface area (Å²) in [4.78, 5) is 12.4. The third-order valence-electron chi connectivity index (χ3n) is 3.02. The zero-order valence-electron chi connectivity index (χ0n) is 11.3. The second kappa shape index (κ2) is 6.42. The molecular formula is C16H15BrClNO. The highest BCUT2D eigenvalue weighted by Gasteiger charge is 2.16. The van der Waals surface area contributed by atoms with Crippen LogP contribution in [-0.2, 0) is 0 Å². The van der Waals surface area contributed by atoms with Crippen molar-refractivity contribution in [2.24, 2.45) is 0 Å². The van der Waals surface area contributed by atoms with E-state index in [1.54, 1.807) is 18.2 Å². The first kappa shape index (κ1) is 15.1. The highest BCUT2D eigenvalue weighted by Crippen LogP contribution is 2.28. The predicted molar refractivity (Wildman–Crippen MR) is 87.6 cm³/mol. The molecule has 0 fully saturated rings. The highest BCUT2D eigenvalue weighted by molar-refractivity contribution is 9.10. The quantitative estimate of drug-likeness (QED) is 0.779. The van der Waals surface area contributed by atoms with Crippen LogP contribution in [0.25, 0.3) is 0 Å². The molecule has 2 aromatic rings. The van der Waals surface area contributed by atoms with Crippen molar-refractivity contribution in [1.29, 1.82) is 0 Å². The van der Waals surface area contributed by atoms with Crippen LogP contribution in [0.1, 0.15) is 35.7 Å². The zero-order chi connectivity index (χ0) is 14.7. The third kappa shape index (κ3) is 3.22. The van der Waals surface area contributed by atoms with Crippen LogP contribution in [-0.4, -0.2) is 5.91 Å². The van der Waals surface area contributed by atoms with E-state index in [0.717, 1.165) is 11.3 Å². The summed E-state index contributed by atoms with van der Waals surface area (Å²) in [5.74, 6) is 0.122. The fraction of sp³-hybridized carbons (Fsp3) is 0.188. The van der Waals surface area contributed by atoms with E-state index in [2.05, 4.69) is 35.1 Å². The Morgan fingerprint density at radius 3 is 2.50 bits per heavy atom. The minimum Gasteiger partial charge on any atom is -0.322 e. The number of amides is 1. The Morgan fingerprint density at radius 2 is 1.85 bits per heavy atom. The predicted octanol–water partition coefficient (Wildman–Crippen LogP) is 5.48. The molecule has 0 aliphatic carbocycles. The number of anilines is 1. The van der Waals surface area contributed by atoms with Crippen molar-refractivity contribution < 1.29 is 4.79 Å². The fourth-order valence-corrected chi connectivity index (χ4v) is 2.93. The average molecular weight is 353 g/mol. The average Bonchev–Trinajstić information content (AvgIpc) is 2.38. The van der Waals surface area contributed by atoms with Crippen LogP contribution in [0.4, 0.5) is 5.69 Å². The lowest BCUT2D eigenvalue weighted by atomic mass is 10.0. The summed E-state index contributed by atoms with van der Waals surface area (Å²) >= 11 is 9.47. The second-order valence-electron chi connectivity index (χ2n) is 4.79. The Balaban J connectivity index is 2.33. The Hall–Kier alpha value is -1.32. The molecule has 0 aromatic heterocycles. The zero-order valence-corrected chi connectivity index (χ0v) is 13.6. The fourth-order valence-electron chi connectivity index (χ4n) is 2.01. The summed E-state index contributed by atoms with van der Waals surface area (Å²) < 4.78 is 0.685. The van der Waals surface area contributed by atoms with Crippen LogP contribution < -0.4 is 5.32 Å². The molecule has 0 saturated carbocycles. The smallest absolute Gasteiger partial charge is 0.258 e. The molecule has 0 aliphatic rings. The summed E-state index contributed by atoms with van der Waals surface area (Å²) in [5.41, 5.74) is 2.37. The van der Waals surface area contributed by atoms with E-state index >= 15 is 0 Å². The molecule has 104 valence electrons. The van der Waals surface area contributed by atoms with E-state index < -0.39 is 0 Å². The summed E-state index contributed by atoms with van der Waals surface area (Å²) in [6.45, 7) is 4.19. The molecule has 0 unspecified atom stereocenters. The number of benzene rings is 2. The molecule has 2 aromatic carbocycles. The van der Waals surface area contributed by atoms with Gasteiger partial charge in [-0.2, -0.15) is 0 Å². The van der Waals surface area contributed by atoms with Gasteiger partial charge in [0, 0.05) is 10.2 Å². The van der Waals surface area contributed by atoms with Gasteiger partial charge in [-0.1, -0.05) is 49.7 Å². The molecule has 0 saturated heterocycles. The molecule has 20 heavy (non-hydrogen) atoms. The number of halogens is 2. The van der Waals surface area contributed by atoms with Crippen LogP contribution in [0.15, 0.2) is 46.9 Å². The van der Waals surface area contributed by atoms with E-state index in [9.17, 15) is 4.79 Å². The SMILES string of the molecule is CC(C)c1ccccc1NC(=O)c1c(Cl)cccc1Br. The van der Waals surface area contributed by atoms with Crippen LogP contribution in [0.2, 0.25) is 5.02 Å². The maximum atomic E-state index is 12.4. The van der Waals surface area contributed by atoms with Gasteiger partial charge < -0.3 is 5.32 Å². The molecule has 1 amide bonds. The number of hydrogen-bond acceptors (Lipinski definition) is 1. The number of carbonyl (C=O) groups excluding carboxylic acids is 1. The van der Waals surface area contributed by atoms with Gasteiger partial charge in [0.15, 0.2) is 0 Å². The van der Waals surface area contributed by atoms with Crippen molar-refractivity contribution in [3.05, 3.63) is 63.1 Å². The largest absolute Gasteiger partial charge is 0.322 e. The van der Waals surface area contributed by atoms with Crippen molar-refractivity contribution in [2.45, 2.75) is 19.8 Å². The molecule has 1 N–H and O–H groups in total. The summed E-state index contributed by atoms with van der Waals surface area (Å²) in [7, 11) is 0. The summed E-state index contributed by atoms with van der Waals surface area (Å²) in [5, 5.41) is 3.37. The van der Waals surface area contributed by atoms with Crippen LogP contribution in [0, 0.1) is 0 Å². The molecule has 0 bridgehead atoms. The van der Waals surface area contributed by atoms with Gasteiger partial charge >= 0.3 is 0 Å². The minimum absolute atomic E-state index is 0.212. The minimum atomic E-state index is -0.212. The molecule has 0 heterocycles. The van der Waals surface area contributed by atoms with E-state index in [4.69, 9.17) is 11.6 Å². The van der Waals surface area contributed by atoms with Crippen LogP contribution in [0.5, 0.6) is 0 Å². The molecular weight excluding hydrogens is 338 g/mol. The molecule has 0 aliphatic heterocycles. The molecule has 2 nitrogen and oxygen atoms in total. The topological polar surface area (TPSA) is 29.1 Å². The molecule has 0 radical (unpaired) electrons. The first-order valence-electron chi connectivity index (χ1n) is 6.35.